The largest absolute Gasteiger partial charge is 0.256 e. The Bertz CT molecular complexity index is 523. The zero-order chi connectivity index (χ0) is 11.4. The van der Waals surface area contributed by atoms with Crippen molar-refractivity contribution in [2.75, 3.05) is 0 Å². The number of hydrogen-bond acceptors (Lipinski definition) is 1. The molecule has 0 bridgehead atoms. The molecule has 16 heavy (non-hydrogen) atoms. The van der Waals surface area contributed by atoms with Crippen molar-refractivity contribution in [3.8, 4) is 0 Å². The van der Waals surface area contributed by atoms with Crippen LogP contribution >= 0.6 is 11.6 Å². The van der Waals surface area contributed by atoms with Gasteiger partial charge in [0.05, 0.1) is 5.69 Å². The second kappa shape index (κ2) is 4.90. The number of aliphatic imine (C=N–C) groups is 1. The quantitative estimate of drug-likeness (QED) is 0.689. The standard InChI is InChI=1S/C13H9ClFN/c14-11-5-3-6-12(8-11)16-9-10-4-1-2-7-13(10)15/h1-9H. The van der Waals surface area contributed by atoms with Gasteiger partial charge in [-0.25, -0.2) is 4.39 Å². The minimum Gasteiger partial charge on any atom is -0.256 e. The third-order valence-corrected chi connectivity index (χ3v) is 2.30. The van der Waals surface area contributed by atoms with Gasteiger partial charge in [0.1, 0.15) is 5.82 Å². The van der Waals surface area contributed by atoms with E-state index in [4.69, 9.17) is 11.6 Å². The lowest BCUT2D eigenvalue weighted by atomic mass is 10.2. The lowest BCUT2D eigenvalue weighted by Crippen LogP contribution is -1.85. The van der Waals surface area contributed by atoms with E-state index < -0.39 is 0 Å². The van der Waals surface area contributed by atoms with Gasteiger partial charge < -0.3 is 0 Å². The normalized spacial score (nSPS) is 10.9. The molecule has 1 nitrogen and oxygen atoms in total. The van der Waals surface area contributed by atoms with Crippen molar-refractivity contribution in [3.05, 3.63) is 64.9 Å². The van der Waals surface area contributed by atoms with E-state index in [9.17, 15) is 4.39 Å². The SMILES string of the molecule is Fc1ccccc1C=Nc1cccc(Cl)c1. The topological polar surface area (TPSA) is 12.4 Å². The Morgan fingerprint density at radius 1 is 1.06 bits per heavy atom. The van der Waals surface area contributed by atoms with E-state index in [0.29, 0.717) is 16.3 Å². The minimum absolute atomic E-state index is 0.284. The summed E-state index contributed by atoms with van der Waals surface area (Å²) in [5.74, 6) is -0.284. The van der Waals surface area contributed by atoms with Crippen LogP contribution in [0.4, 0.5) is 10.1 Å². The number of hydrogen-bond donors (Lipinski definition) is 0. The zero-order valence-corrected chi connectivity index (χ0v) is 9.16. The summed E-state index contributed by atoms with van der Waals surface area (Å²) in [5.41, 5.74) is 1.17. The van der Waals surface area contributed by atoms with Gasteiger partial charge in [-0.3, -0.25) is 4.99 Å². The molecule has 0 aliphatic rings. The smallest absolute Gasteiger partial charge is 0.131 e. The van der Waals surface area contributed by atoms with E-state index in [1.165, 1.54) is 12.3 Å². The van der Waals surface area contributed by atoms with Crippen molar-refractivity contribution in [1.29, 1.82) is 0 Å². The molecule has 3 heteroatoms. The van der Waals surface area contributed by atoms with Crippen molar-refractivity contribution in [2.45, 2.75) is 0 Å². The highest BCUT2D eigenvalue weighted by Gasteiger charge is 1.96. The van der Waals surface area contributed by atoms with Crippen LogP contribution in [0.2, 0.25) is 5.02 Å². The van der Waals surface area contributed by atoms with E-state index in [1.54, 1.807) is 36.4 Å². The molecule has 0 saturated carbocycles. The molecule has 0 atom stereocenters. The fourth-order valence-electron chi connectivity index (χ4n) is 1.28. The van der Waals surface area contributed by atoms with E-state index in [1.807, 2.05) is 6.07 Å². The second-order valence-corrected chi connectivity index (χ2v) is 3.70. The van der Waals surface area contributed by atoms with Crippen molar-refractivity contribution in [2.24, 2.45) is 4.99 Å². The zero-order valence-electron chi connectivity index (χ0n) is 8.40. The average Bonchev–Trinajstić information content (AvgIpc) is 2.28. The highest BCUT2D eigenvalue weighted by molar-refractivity contribution is 6.30. The molecular formula is C13H9ClFN. The molecule has 0 N–H and O–H groups in total. The van der Waals surface area contributed by atoms with Crippen LogP contribution in [0, 0.1) is 5.82 Å². The molecule has 2 aromatic rings. The van der Waals surface area contributed by atoms with Crippen molar-refractivity contribution in [1.82, 2.24) is 0 Å². The Hall–Kier alpha value is -1.67. The highest BCUT2D eigenvalue weighted by Crippen LogP contribution is 2.17. The summed E-state index contributed by atoms with van der Waals surface area (Å²) in [6.07, 6.45) is 1.49. The first-order valence-electron chi connectivity index (χ1n) is 4.80. The lowest BCUT2D eigenvalue weighted by Gasteiger charge is -1.96. The summed E-state index contributed by atoms with van der Waals surface area (Å²) in [6.45, 7) is 0. The van der Waals surface area contributed by atoms with Crippen molar-refractivity contribution < 1.29 is 4.39 Å². The highest BCUT2D eigenvalue weighted by atomic mass is 35.5. The Morgan fingerprint density at radius 2 is 1.88 bits per heavy atom. The fourth-order valence-corrected chi connectivity index (χ4v) is 1.46. The first-order valence-corrected chi connectivity index (χ1v) is 5.18. The fraction of sp³-hybridized carbons (Fsp3) is 0. The Balaban J connectivity index is 2.25. The van der Waals surface area contributed by atoms with Gasteiger partial charge in [0.2, 0.25) is 0 Å². The molecule has 0 aromatic heterocycles. The van der Waals surface area contributed by atoms with Gasteiger partial charge in [0, 0.05) is 16.8 Å². The minimum atomic E-state index is -0.284. The van der Waals surface area contributed by atoms with Gasteiger partial charge in [0.25, 0.3) is 0 Å². The molecule has 2 aromatic carbocycles. The Kier molecular flexibility index (Phi) is 3.32. The summed E-state index contributed by atoms with van der Waals surface area (Å²) in [5, 5.41) is 0.614. The van der Waals surface area contributed by atoms with Crippen LogP contribution in [0.5, 0.6) is 0 Å². The van der Waals surface area contributed by atoms with Gasteiger partial charge in [-0.1, -0.05) is 35.9 Å². The number of halogens is 2. The summed E-state index contributed by atoms with van der Waals surface area (Å²) in [6, 6.07) is 13.6. The van der Waals surface area contributed by atoms with Crippen LogP contribution in [0.15, 0.2) is 53.5 Å². The van der Waals surface area contributed by atoms with Gasteiger partial charge in [0.15, 0.2) is 0 Å². The number of nitrogens with zero attached hydrogens (tertiary/aromatic N) is 1. The predicted molar refractivity (Wildman–Crippen MR) is 65.1 cm³/mol. The molecule has 0 fully saturated rings. The molecule has 0 unspecified atom stereocenters. The molecule has 0 aliphatic heterocycles. The number of benzene rings is 2. The summed E-state index contributed by atoms with van der Waals surface area (Å²) >= 11 is 5.81. The maximum absolute atomic E-state index is 13.3. The molecule has 0 heterocycles. The van der Waals surface area contributed by atoms with E-state index >= 15 is 0 Å². The lowest BCUT2D eigenvalue weighted by molar-refractivity contribution is 0.626. The van der Waals surface area contributed by atoms with Crippen LogP contribution < -0.4 is 0 Å². The van der Waals surface area contributed by atoms with Gasteiger partial charge >= 0.3 is 0 Å². The third-order valence-electron chi connectivity index (χ3n) is 2.07. The predicted octanol–water partition coefficient (Wildman–Crippen LogP) is 4.23. The molecule has 2 rings (SSSR count). The van der Waals surface area contributed by atoms with Crippen molar-refractivity contribution in [3.63, 3.8) is 0 Å². The molecular weight excluding hydrogens is 225 g/mol. The molecule has 80 valence electrons. The molecule has 0 amide bonds. The second-order valence-electron chi connectivity index (χ2n) is 3.26. The maximum atomic E-state index is 13.3. The van der Waals surface area contributed by atoms with Gasteiger partial charge in [-0.05, 0) is 24.3 Å². The Morgan fingerprint density at radius 3 is 2.62 bits per heavy atom. The Labute approximate surface area is 98.2 Å². The van der Waals surface area contributed by atoms with Gasteiger partial charge in [-0.15, -0.1) is 0 Å². The van der Waals surface area contributed by atoms with Crippen molar-refractivity contribution >= 4 is 23.5 Å². The van der Waals surface area contributed by atoms with Crippen LogP contribution in [0.25, 0.3) is 0 Å². The molecule has 0 spiro atoms. The molecule has 0 saturated heterocycles. The summed E-state index contributed by atoms with van der Waals surface area (Å²) in [7, 11) is 0. The van der Waals surface area contributed by atoms with E-state index in [2.05, 4.69) is 4.99 Å². The van der Waals surface area contributed by atoms with Crippen LogP contribution in [0.1, 0.15) is 5.56 Å². The average molecular weight is 234 g/mol. The first-order chi connectivity index (χ1) is 7.75. The van der Waals surface area contributed by atoms with E-state index in [0.717, 1.165) is 0 Å². The monoisotopic (exact) mass is 233 g/mol. The maximum Gasteiger partial charge on any atom is 0.131 e. The summed E-state index contributed by atoms with van der Waals surface area (Å²) in [4.78, 5) is 4.15. The third kappa shape index (κ3) is 2.67. The first kappa shape index (κ1) is 10.8. The van der Waals surface area contributed by atoms with Crippen LogP contribution in [-0.4, -0.2) is 6.21 Å². The number of rotatable bonds is 2. The summed E-state index contributed by atoms with van der Waals surface area (Å²) < 4.78 is 13.3. The van der Waals surface area contributed by atoms with Crippen LogP contribution in [0.3, 0.4) is 0 Å². The molecule has 0 aliphatic carbocycles. The van der Waals surface area contributed by atoms with Crippen LogP contribution in [-0.2, 0) is 0 Å². The van der Waals surface area contributed by atoms with E-state index in [-0.39, 0.29) is 5.82 Å². The van der Waals surface area contributed by atoms with Gasteiger partial charge in [-0.2, -0.15) is 0 Å². The molecule has 0 radical (unpaired) electrons.